The zero-order chi connectivity index (χ0) is 13.0. The van der Waals surface area contributed by atoms with Crippen LogP contribution in [0.15, 0.2) is 18.2 Å². The van der Waals surface area contributed by atoms with Gasteiger partial charge >= 0.3 is 6.18 Å². The van der Waals surface area contributed by atoms with Gasteiger partial charge in [0.15, 0.2) is 0 Å². The molecular formula is C13H11F3N2. The van der Waals surface area contributed by atoms with E-state index < -0.39 is 11.7 Å². The minimum absolute atomic E-state index is 0.312. The quantitative estimate of drug-likeness (QED) is 0.767. The Hall–Kier alpha value is -1.70. The van der Waals surface area contributed by atoms with Crippen molar-refractivity contribution in [1.29, 1.82) is 5.26 Å². The number of benzene rings is 1. The summed E-state index contributed by atoms with van der Waals surface area (Å²) in [4.78, 5) is 1.95. The zero-order valence-electron chi connectivity index (χ0n) is 9.59. The Morgan fingerprint density at radius 2 is 1.89 bits per heavy atom. The van der Waals surface area contributed by atoms with Gasteiger partial charge in [0.05, 0.1) is 17.2 Å². The summed E-state index contributed by atoms with van der Waals surface area (Å²) in [6, 6.07) is 5.55. The fraction of sp³-hybridized carbons (Fsp3) is 0.462. The van der Waals surface area contributed by atoms with Gasteiger partial charge in [0.2, 0.25) is 0 Å². The summed E-state index contributed by atoms with van der Waals surface area (Å²) in [5, 5.41) is 8.71. The molecule has 2 nitrogen and oxygen atoms in total. The summed E-state index contributed by atoms with van der Waals surface area (Å²) in [5.74, 6) is 0. The van der Waals surface area contributed by atoms with E-state index in [9.17, 15) is 13.2 Å². The van der Waals surface area contributed by atoms with E-state index in [1.54, 1.807) is 12.1 Å². The average Bonchev–Trinajstić information content (AvgIpc) is 3.05. The molecule has 0 amide bonds. The second-order valence-electron chi connectivity index (χ2n) is 5.20. The fourth-order valence-electron chi connectivity index (χ4n) is 2.50. The highest BCUT2D eigenvalue weighted by molar-refractivity contribution is 5.57. The van der Waals surface area contributed by atoms with Crippen molar-refractivity contribution < 1.29 is 13.2 Å². The monoisotopic (exact) mass is 252 g/mol. The van der Waals surface area contributed by atoms with Crippen LogP contribution in [-0.2, 0) is 6.18 Å². The molecule has 5 heteroatoms. The van der Waals surface area contributed by atoms with Gasteiger partial charge in [-0.2, -0.15) is 18.4 Å². The first-order valence-corrected chi connectivity index (χ1v) is 5.80. The first kappa shape index (κ1) is 11.4. The molecule has 18 heavy (non-hydrogen) atoms. The molecule has 1 aliphatic heterocycles. The molecule has 1 aliphatic carbocycles. The van der Waals surface area contributed by atoms with Crippen LogP contribution in [0.5, 0.6) is 0 Å². The van der Waals surface area contributed by atoms with Gasteiger partial charge in [-0.1, -0.05) is 0 Å². The first-order chi connectivity index (χ1) is 8.43. The normalized spacial score (nSPS) is 20.4. The van der Waals surface area contributed by atoms with Gasteiger partial charge in [0.25, 0.3) is 0 Å². The molecule has 0 radical (unpaired) electrons. The third-order valence-corrected chi connectivity index (χ3v) is 3.80. The average molecular weight is 252 g/mol. The Balaban J connectivity index is 1.91. The lowest BCUT2D eigenvalue weighted by atomic mass is 9.95. The number of nitriles is 1. The Bertz CT molecular complexity index is 530. The van der Waals surface area contributed by atoms with Crippen molar-refractivity contribution in [1.82, 2.24) is 0 Å². The van der Waals surface area contributed by atoms with E-state index in [4.69, 9.17) is 5.26 Å². The lowest BCUT2D eigenvalue weighted by molar-refractivity contribution is -0.137. The van der Waals surface area contributed by atoms with Crippen LogP contribution in [0.25, 0.3) is 0 Å². The van der Waals surface area contributed by atoms with Gasteiger partial charge < -0.3 is 4.90 Å². The summed E-state index contributed by atoms with van der Waals surface area (Å²) in [6.45, 7) is 1.69. The minimum atomic E-state index is -4.47. The van der Waals surface area contributed by atoms with Gasteiger partial charge in [-0.15, -0.1) is 0 Å². The summed E-state index contributed by atoms with van der Waals surface area (Å²) in [6.07, 6.45) is -2.10. The van der Waals surface area contributed by atoms with Crippen LogP contribution in [0.1, 0.15) is 24.0 Å². The number of anilines is 1. The third-order valence-electron chi connectivity index (χ3n) is 3.80. The lowest BCUT2D eigenvalue weighted by Crippen LogP contribution is -2.48. The first-order valence-electron chi connectivity index (χ1n) is 5.80. The van der Waals surface area contributed by atoms with Crippen LogP contribution >= 0.6 is 0 Å². The van der Waals surface area contributed by atoms with E-state index >= 15 is 0 Å². The fourth-order valence-corrected chi connectivity index (χ4v) is 2.50. The van der Waals surface area contributed by atoms with Gasteiger partial charge in [-0.05, 0) is 31.0 Å². The second-order valence-corrected chi connectivity index (χ2v) is 5.20. The predicted molar refractivity (Wildman–Crippen MR) is 60.0 cm³/mol. The predicted octanol–water partition coefficient (Wildman–Crippen LogP) is 3.18. The second kappa shape index (κ2) is 3.41. The molecule has 1 saturated carbocycles. The van der Waals surface area contributed by atoms with Crippen LogP contribution in [0.4, 0.5) is 18.9 Å². The molecule has 0 atom stereocenters. The molecule has 0 aromatic heterocycles. The Morgan fingerprint density at radius 3 is 2.39 bits per heavy atom. The lowest BCUT2D eigenvalue weighted by Gasteiger charge is -2.42. The van der Waals surface area contributed by atoms with Crippen LogP contribution in [-0.4, -0.2) is 13.1 Å². The Morgan fingerprint density at radius 1 is 1.22 bits per heavy atom. The van der Waals surface area contributed by atoms with Gasteiger partial charge in [-0.25, -0.2) is 0 Å². The van der Waals surface area contributed by atoms with E-state index in [0.717, 1.165) is 19.2 Å². The van der Waals surface area contributed by atoms with Gasteiger partial charge in [0, 0.05) is 24.2 Å². The van der Waals surface area contributed by atoms with E-state index in [0.29, 0.717) is 11.1 Å². The smallest absolute Gasteiger partial charge is 0.370 e. The summed E-state index contributed by atoms with van der Waals surface area (Å²) < 4.78 is 38.4. The van der Waals surface area contributed by atoms with Crippen molar-refractivity contribution in [3.05, 3.63) is 29.3 Å². The number of hydrogen-bond donors (Lipinski definition) is 0. The SMILES string of the molecule is N#Cc1ccc(N2CC3(CC3)C2)cc1C(F)(F)F. The Kier molecular flexibility index (Phi) is 2.16. The highest BCUT2D eigenvalue weighted by Crippen LogP contribution is 2.54. The number of rotatable bonds is 1. The molecule has 1 heterocycles. The molecule has 94 valence electrons. The summed E-state index contributed by atoms with van der Waals surface area (Å²) >= 11 is 0. The molecule has 0 bridgehead atoms. The third kappa shape index (κ3) is 1.72. The Labute approximate surface area is 103 Å². The number of halogens is 3. The van der Waals surface area contributed by atoms with Crippen LogP contribution in [0.2, 0.25) is 0 Å². The van der Waals surface area contributed by atoms with Crippen LogP contribution in [0, 0.1) is 16.7 Å². The summed E-state index contributed by atoms with van der Waals surface area (Å²) in [5.41, 5.74) is -0.183. The molecule has 1 aromatic rings. The maximum atomic E-state index is 12.8. The maximum Gasteiger partial charge on any atom is 0.417 e. The van der Waals surface area contributed by atoms with Gasteiger partial charge in [0.1, 0.15) is 0 Å². The van der Waals surface area contributed by atoms with Crippen molar-refractivity contribution >= 4 is 5.69 Å². The van der Waals surface area contributed by atoms with Crippen molar-refractivity contribution in [3.63, 3.8) is 0 Å². The van der Waals surface area contributed by atoms with Crippen molar-refractivity contribution in [3.8, 4) is 6.07 Å². The molecule has 0 N–H and O–H groups in total. The van der Waals surface area contributed by atoms with E-state index in [1.807, 2.05) is 4.90 Å². The maximum absolute atomic E-state index is 12.8. The molecule has 1 saturated heterocycles. The standard InChI is InChI=1S/C13H11F3N2/c14-13(15,16)11-5-10(2-1-9(11)6-17)18-7-12(8-18)3-4-12/h1-2,5H,3-4,7-8H2. The van der Waals surface area contributed by atoms with E-state index in [2.05, 4.69) is 0 Å². The topological polar surface area (TPSA) is 27.0 Å². The number of nitrogens with zero attached hydrogens (tertiary/aromatic N) is 2. The minimum Gasteiger partial charge on any atom is -0.370 e. The highest BCUT2D eigenvalue weighted by Gasteiger charge is 2.52. The van der Waals surface area contributed by atoms with E-state index in [1.165, 1.54) is 18.9 Å². The summed E-state index contributed by atoms with van der Waals surface area (Å²) in [7, 11) is 0. The molecule has 2 fully saturated rings. The van der Waals surface area contributed by atoms with Gasteiger partial charge in [-0.3, -0.25) is 0 Å². The van der Waals surface area contributed by atoms with Crippen LogP contribution in [0.3, 0.4) is 0 Å². The zero-order valence-corrected chi connectivity index (χ0v) is 9.59. The molecule has 3 rings (SSSR count). The molecular weight excluding hydrogens is 241 g/mol. The highest BCUT2D eigenvalue weighted by atomic mass is 19.4. The van der Waals surface area contributed by atoms with Crippen LogP contribution < -0.4 is 4.90 Å². The molecule has 1 aromatic carbocycles. The number of hydrogen-bond acceptors (Lipinski definition) is 2. The number of alkyl halides is 3. The van der Waals surface area contributed by atoms with Crippen molar-refractivity contribution in [2.45, 2.75) is 19.0 Å². The van der Waals surface area contributed by atoms with E-state index in [-0.39, 0.29) is 5.56 Å². The molecule has 0 unspecified atom stereocenters. The molecule has 1 spiro atoms. The van der Waals surface area contributed by atoms with Crippen molar-refractivity contribution in [2.75, 3.05) is 18.0 Å². The molecule has 2 aliphatic rings. The largest absolute Gasteiger partial charge is 0.417 e. The van der Waals surface area contributed by atoms with Crippen molar-refractivity contribution in [2.24, 2.45) is 5.41 Å².